The molecule has 2 heterocycles. The highest BCUT2D eigenvalue weighted by Crippen LogP contribution is 2.23. The molecule has 0 saturated carbocycles. The summed E-state index contributed by atoms with van der Waals surface area (Å²) in [5.41, 5.74) is 0. The number of carbonyl (C=O) groups excluding carboxylic acids is 1. The van der Waals surface area contributed by atoms with Gasteiger partial charge < -0.3 is 0 Å². The van der Waals surface area contributed by atoms with E-state index >= 15 is 0 Å². The summed E-state index contributed by atoms with van der Waals surface area (Å²) in [5, 5.41) is -0.518. The van der Waals surface area contributed by atoms with Crippen LogP contribution in [-0.4, -0.2) is 54.8 Å². The van der Waals surface area contributed by atoms with Crippen LogP contribution in [0.15, 0.2) is 12.1 Å². The van der Waals surface area contributed by atoms with Crippen molar-refractivity contribution >= 4 is 38.7 Å². The van der Waals surface area contributed by atoms with Gasteiger partial charge in [-0.3, -0.25) is 9.69 Å². The lowest BCUT2D eigenvalue weighted by molar-refractivity contribution is 0.0932. The van der Waals surface area contributed by atoms with E-state index in [1.165, 1.54) is 16.2 Å². The summed E-state index contributed by atoms with van der Waals surface area (Å²) in [6, 6.07) is 3.83. The van der Waals surface area contributed by atoms with E-state index in [0.29, 0.717) is 12.3 Å². The molecule has 7 heteroatoms. The number of Topliss-reactive ketones (excluding diaryl/α,β-unsaturated/α-hetero) is 1. The number of aryl methyl sites for hydroxylation is 1. The lowest BCUT2D eigenvalue weighted by Gasteiger charge is -2.33. The third-order valence-electron chi connectivity index (χ3n) is 3.64. The number of nitrogens with zero attached hydrogens (tertiary/aromatic N) is 1. The Morgan fingerprint density at radius 1 is 1.38 bits per heavy atom. The van der Waals surface area contributed by atoms with Crippen molar-refractivity contribution in [2.24, 2.45) is 0 Å². The third-order valence-corrected chi connectivity index (χ3v) is 8.24. The maximum Gasteiger partial charge on any atom is 0.186 e. The smallest absolute Gasteiger partial charge is 0.186 e. The van der Waals surface area contributed by atoms with Crippen molar-refractivity contribution in [3.8, 4) is 0 Å². The molecule has 2 rings (SSSR count). The first-order valence-electron chi connectivity index (χ1n) is 7.13. The molecule has 21 heavy (non-hydrogen) atoms. The molecule has 1 aliphatic rings. The minimum absolute atomic E-state index is 0.0305. The van der Waals surface area contributed by atoms with Gasteiger partial charge in [-0.15, -0.1) is 11.3 Å². The second-order valence-electron chi connectivity index (χ2n) is 4.99. The first-order valence-corrected chi connectivity index (χ1v) is 10.8. The van der Waals surface area contributed by atoms with E-state index in [-0.39, 0.29) is 18.1 Å². The highest BCUT2D eigenvalue weighted by Gasteiger charge is 2.34. The van der Waals surface area contributed by atoms with Gasteiger partial charge in [0.15, 0.2) is 15.6 Å². The first kappa shape index (κ1) is 17.0. The van der Waals surface area contributed by atoms with Gasteiger partial charge in [-0.25, -0.2) is 8.42 Å². The lowest BCUT2D eigenvalue weighted by atomic mass is 10.3. The van der Waals surface area contributed by atoms with Crippen molar-refractivity contribution in [2.75, 3.05) is 30.3 Å². The topological polar surface area (TPSA) is 54.5 Å². The molecule has 1 atom stereocenters. The maximum absolute atomic E-state index is 12.4. The fourth-order valence-corrected chi connectivity index (χ4v) is 6.26. The molecule has 0 amide bonds. The molecule has 0 N–H and O–H groups in total. The predicted octanol–water partition coefficient (Wildman–Crippen LogP) is 2.30. The SMILES string of the molecule is CCc1ccc(C(=O)CN2CCSCC2S(=O)(=O)CC)s1. The standard InChI is InChI=1S/C14H21NO3S3/c1-3-11-5-6-13(20-11)12(16)9-15-7-8-19-10-14(15)21(17,18)4-2/h5-6,14H,3-4,7-10H2,1-2H3. The van der Waals surface area contributed by atoms with Crippen LogP contribution in [0.2, 0.25) is 0 Å². The zero-order valence-corrected chi connectivity index (χ0v) is 14.8. The van der Waals surface area contributed by atoms with Gasteiger partial charge in [0, 0.05) is 28.7 Å². The first-order chi connectivity index (χ1) is 9.97. The summed E-state index contributed by atoms with van der Waals surface area (Å²) in [6.07, 6.45) is 0.922. The van der Waals surface area contributed by atoms with Gasteiger partial charge in [0.1, 0.15) is 5.37 Å². The summed E-state index contributed by atoms with van der Waals surface area (Å²) in [7, 11) is -3.14. The van der Waals surface area contributed by atoms with E-state index in [1.54, 1.807) is 18.7 Å². The van der Waals surface area contributed by atoms with Crippen LogP contribution >= 0.6 is 23.1 Å². The maximum atomic E-state index is 12.4. The summed E-state index contributed by atoms with van der Waals surface area (Å²) in [6.45, 7) is 4.59. The molecule has 4 nitrogen and oxygen atoms in total. The molecule has 1 unspecified atom stereocenters. The molecule has 0 radical (unpaired) electrons. The van der Waals surface area contributed by atoms with Crippen molar-refractivity contribution in [1.82, 2.24) is 4.90 Å². The number of hydrogen-bond donors (Lipinski definition) is 0. The van der Waals surface area contributed by atoms with Gasteiger partial charge in [-0.1, -0.05) is 13.8 Å². The van der Waals surface area contributed by atoms with Crippen LogP contribution in [0, 0.1) is 0 Å². The Labute approximate surface area is 134 Å². The van der Waals surface area contributed by atoms with Gasteiger partial charge in [0.25, 0.3) is 0 Å². The van der Waals surface area contributed by atoms with Crippen molar-refractivity contribution in [3.63, 3.8) is 0 Å². The number of thioether (sulfide) groups is 1. The van der Waals surface area contributed by atoms with Gasteiger partial charge in [-0.05, 0) is 18.6 Å². The molecule has 118 valence electrons. The zero-order chi connectivity index (χ0) is 15.5. The van der Waals surface area contributed by atoms with Gasteiger partial charge >= 0.3 is 0 Å². The molecule has 1 aromatic rings. The van der Waals surface area contributed by atoms with Gasteiger partial charge in [0.2, 0.25) is 0 Å². The Hall–Kier alpha value is -0.370. The molecule has 1 aromatic heterocycles. The minimum atomic E-state index is -3.14. The predicted molar refractivity (Wildman–Crippen MR) is 90.2 cm³/mol. The summed E-state index contributed by atoms with van der Waals surface area (Å²) in [4.78, 5) is 16.1. The highest BCUT2D eigenvalue weighted by atomic mass is 32.2. The number of sulfone groups is 1. The molecule has 1 aliphatic heterocycles. The average Bonchev–Trinajstić information content (AvgIpc) is 2.96. The lowest BCUT2D eigenvalue weighted by Crippen LogP contribution is -2.49. The molecule has 0 aliphatic carbocycles. The summed E-state index contributed by atoms with van der Waals surface area (Å²) >= 11 is 3.16. The Morgan fingerprint density at radius 3 is 2.76 bits per heavy atom. The molecular weight excluding hydrogens is 326 g/mol. The summed E-state index contributed by atoms with van der Waals surface area (Å²) < 4.78 is 24.3. The monoisotopic (exact) mass is 347 g/mol. The number of rotatable bonds is 6. The van der Waals surface area contributed by atoms with Crippen molar-refractivity contribution in [3.05, 3.63) is 21.9 Å². The number of ketones is 1. The summed E-state index contributed by atoms with van der Waals surface area (Å²) in [5.74, 6) is 1.60. The van der Waals surface area contributed by atoms with E-state index in [1.807, 2.05) is 17.0 Å². The Morgan fingerprint density at radius 2 is 2.14 bits per heavy atom. The molecule has 1 saturated heterocycles. The van der Waals surface area contributed by atoms with E-state index in [2.05, 4.69) is 6.92 Å². The largest absolute Gasteiger partial charge is 0.292 e. The van der Waals surface area contributed by atoms with Crippen LogP contribution in [0.3, 0.4) is 0 Å². The Kier molecular flexibility index (Phi) is 5.88. The zero-order valence-electron chi connectivity index (χ0n) is 12.4. The quantitative estimate of drug-likeness (QED) is 0.739. The molecular formula is C14H21NO3S3. The van der Waals surface area contributed by atoms with E-state index in [4.69, 9.17) is 0 Å². The molecule has 1 fully saturated rings. The van der Waals surface area contributed by atoms with Crippen LogP contribution in [-0.2, 0) is 16.3 Å². The minimum Gasteiger partial charge on any atom is -0.292 e. The second-order valence-corrected chi connectivity index (χ2v) is 9.76. The molecule has 0 bridgehead atoms. The highest BCUT2D eigenvalue weighted by molar-refractivity contribution is 8.01. The number of hydrogen-bond acceptors (Lipinski definition) is 6. The second kappa shape index (κ2) is 7.26. The fraction of sp³-hybridized carbons (Fsp3) is 0.643. The Balaban J connectivity index is 2.10. The van der Waals surface area contributed by atoms with E-state index in [9.17, 15) is 13.2 Å². The van der Waals surface area contributed by atoms with E-state index in [0.717, 1.165) is 17.1 Å². The van der Waals surface area contributed by atoms with Gasteiger partial charge in [-0.2, -0.15) is 11.8 Å². The van der Waals surface area contributed by atoms with Crippen LogP contribution in [0.4, 0.5) is 0 Å². The molecule has 0 aromatic carbocycles. The normalized spacial score (nSPS) is 20.6. The van der Waals surface area contributed by atoms with E-state index < -0.39 is 15.2 Å². The van der Waals surface area contributed by atoms with Crippen molar-refractivity contribution in [2.45, 2.75) is 25.6 Å². The Bertz CT molecular complexity index is 594. The van der Waals surface area contributed by atoms with Crippen molar-refractivity contribution in [1.29, 1.82) is 0 Å². The average molecular weight is 348 g/mol. The third kappa shape index (κ3) is 4.09. The van der Waals surface area contributed by atoms with Crippen LogP contribution in [0.25, 0.3) is 0 Å². The fourth-order valence-electron chi connectivity index (χ4n) is 2.30. The van der Waals surface area contributed by atoms with Crippen LogP contribution < -0.4 is 0 Å². The number of carbonyl (C=O) groups is 1. The van der Waals surface area contributed by atoms with Crippen LogP contribution in [0.1, 0.15) is 28.4 Å². The molecule has 0 spiro atoms. The van der Waals surface area contributed by atoms with Gasteiger partial charge in [0.05, 0.1) is 11.4 Å². The number of thiophene rings is 1. The van der Waals surface area contributed by atoms with Crippen LogP contribution in [0.5, 0.6) is 0 Å². The van der Waals surface area contributed by atoms with Crippen molar-refractivity contribution < 1.29 is 13.2 Å².